The Balaban J connectivity index is 1.63. The number of aromatic nitrogens is 1. The third kappa shape index (κ3) is 5.26. The number of hydrogen-bond donors (Lipinski definition) is 0. The second-order valence-corrected chi connectivity index (χ2v) is 6.06. The first kappa shape index (κ1) is 17.8. The number of pyridine rings is 1. The number of aliphatic imine (C=N–C) groups is 1. The number of carbonyl (C=O) groups excluding carboxylic acids is 1. The van der Waals surface area contributed by atoms with E-state index in [1.807, 2.05) is 18.2 Å². The highest BCUT2D eigenvalue weighted by Crippen LogP contribution is 2.21. The van der Waals surface area contributed by atoms with Gasteiger partial charge in [0.25, 0.3) is 0 Å². The molecule has 0 aliphatic carbocycles. The molecule has 0 fully saturated rings. The summed E-state index contributed by atoms with van der Waals surface area (Å²) >= 11 is 6.12. The quantitative estimate of drug-likeness (QED) is 0.364. The van der Waals surface area contributed by atoms with E-state index in [9.17, 15) is 4.79 Å². The van der Waals surface area contributed by atoms with Gasteiger partial charge in [-0.05, 0) is 47.9 Å². The van der Waals surface area contributed by atoms with Crippen LogP contribution in [0.4, 0.5) is 0 Å². The van der Waals surface area contributed by atoms with Crippen LogP contribution in [0.1, 0.15) is 21.5 Å². The van der Waals surface area contributed by atoms with Crippen LogP contribution in [0, 0.1) is 0 Å². The summed E-state index contributed by atoms with van der Waals surface area (Å²) < 4.78 is 5.37. The van der Waals surface area contributed by atoms with E-state index in [1.165, 1.54) is 11.8 Å². The minimum Gasteiger partial charge on any atom is -0.423 e. The van der Waals surface area contributed by atoms with Crippen LogP contribution in [0.25, 0.3) is 0 Å². The second-order valence-electron chi connectivity index (χ2n) is 5.62. The minimum atomic E-state index is -0.479. The third-order valence-electron chi connectivity index (χ3n) is 3.61. The maximum atomic E-state index is 12.1. The summed E-state index contributed by atoms with van der Waals surface area (Å²) in [5.41, 5.74) is 2.40. The van der Waals surface area contributed by atoms with Gasteiger partial charge < -0.3 is 4.74 Å². The van der Waals surface area contributed by atoms with Crippen molar-refractivity contribution in [1.82, 2.24) is 4.98 Å². The van der Waals surface area contributed by atoms with Gasteiger partial charge in [0.2, 0.25) is 0 Å². The van der Waals surface area contributed by atoms with Gasteiger partial charge in [-0.2, -0.15) is 0 Å². The molecule has 0 radical (unpaired) electrons. The summed E-state index contributed by atoms with van der Waals surface area (Å²) in [6.45, 7) is 0.668. The first-order valence-corrected chi connectivity index (χ1v) is 8.55. The predicted molar refractivity (Wildman–Crippen MR) is 103 cm³/mol. The molecule has 1 aromatic heterocycles. The molecule has 0 saturated heterocycles. The molecule has 0 aliphatic heterocycles. The number of rotatable bonds is 6. The molecule has 130 valence electrons. The van der Waals surface area contributed by atoms with Crippen molar-refractivity contribution in [3.05, 3.63) is 94.8 Å². The molecule has 3 aromatic rings. The van der Waals surface area contributed by atoms with E-state index in [0.29, 0.717) is 22.9 Å². The normalized spacial score (nSPS) is 10.8. The lowest BCUT2D eigenvalue weighted by atomic mass is 10.1. The molecule has 0 unspecified atom stereocenters. The molecular weight excluding hydrogens is 348 g/mol. The van der Waals surface area contributed by atoms with E-state index in [4.69, 9.17) is 16.3 Å². The summed E-state index contributed by atoms with van der Waals surface area (Å²) in [5, 5.41) is 0.478. The minimum absolute atomic E-state index is 0.371. The Morgan fingerprint density at radius 1 is 1.12 bits per heavy atom. The zero-order valence-corrected chi connectivity index (χ0v) is 14.8. The fourth-order valence-corrected chi connectivity index (χ4v) is 2.61. The largest absolute Gasteiger partial charge is 0.423 e. The van der Waals surface area contributed by atoms with Crippen LogP contribution in [0.3, 0.4) is 0 Å². The van der Waals surface area contributed by atoms with Gasteiger partial charge in [-0.1, -0.05) is 41.9 Å². The van der Waals surface area contributed by atoms with Gasteiger partial charge in [-0.15, -0.1) is 0 Å². The Hall–Kier alpha value is -2.98. The van der Waals surface area contributed by atoms with E-state index in [-0.39, 0.29) is 0 Å². The van der Waals surface area contributed by atoms with Crippen LogP contribution in [0.15, 0.2) is 78.0 Å². The second kappa shape index (κ2) is 8.92. The molecule has 0 spiro atoms. The standard InChI is InChI=1S/C21H17ClN2O2/c22-19-11-17(14-24-10-8-16-5-2-1-3-6-16)12-20(13-19)26-21(25)18-7-4-9-23-15-18/h1-7,9,11-15H,8,10H2. The lowest BCUT2D eigenvalue weighted by Gasteiger charge is -2.06. The molecule has 0 N–H and O–H groups in total. The van der Waals surface area contributed by atoms with Crippen LogP contribution < -0.4 is 4.74 Å². The van der Waals surface area contributed by atoms with Crippen molar-refractivity contribution in [2.75, 3.05) is 6.54 Å². The number of hydrogen-bond acceptors (Lipinski definition) is 4. The fourth-order valence-electron chi connectivity index (χ4n) is 2.38. The van der Waals surface area contributed by atoms with Crippen LogP contribution >= 0.6 is 11.6 Å². The van der Waals surface area contributed by atoms with Crippen molar-refractivity contribution in [1.29, 1.82) is 0 Å². The van der Waals surface area contributed by atoms with E-state index < -0.39 is 5.97 Å². The zero-order valence-electron chi connectivity index (χ0n) is 14.0. The fraction of sp³-hybridized carbons (Fsp3) is 0.0952. The molecular formula is C21H17ClN2O2. The molecule has 5 heteroatoms. The molecule has 2 aromatic carbocycles. The molecule has 0 aliphatic rings. The van der Waals surface area contributed by atoms with Gasteiger partial charge in [0.15, 0.2) is 0 Å². The lowest BCUT2D eigenvalue weighted by molar-refractivity contribution is 0.0734. The Bertz CT molecular complexity index is 896. The number of nitrogens with zero attached hydrogens (tertiary/aromatic N) is 2. The molecule has 3 rings (SSSR count). The Kier molecular flexibility index (Phi) is 6.12. The zero-order chi connectivity index (χ0) is 18.2. The van der Waals surface area contributed by atoms with Crippen LogP contribution in [-0.2, 0) is 6.42 Å². The van der Waals surface area contributed by atoms with E-state index in [2.05, 4.69) is 22.1 Å². The van der Waals surface area contributed by atoms with Gasteiger partial charge in [-0.25, -0.2) is 4.79 Å². The van der Waals surface area contributed by atoms with Crippen molar-refractivity contribution in [2.24, 2.45) is 4.99 Å². The number of carbonyl (C=O) groups is 1. The number of ether oxygens (including phenoxy) is 1. The topological polar surface area (TPSA) is 51.5 Å². The van der Waals surface area contributed by atoms with Crippen molar-refractivity contribution >= 4 is 23.8 Å². The molecule has 1 heterocycles. The number of benzene rings is 2. The molecule has 0 saturated carbocycles. The van der Waals surface area contributed by atoms with Gasteiger partial charge >= 0.3 is 5.97 Å². The summed E-state index contributed by atoms with van der Waals surface area (Å²) in [4.78, 5) is 20.4. The average molecular weight is 365 g/mol. The summed E-state index contributed by atoms with van der Waals surface area (Å²) in [5.74, 6) is -0.108. The third-order valence-corrected chi connectivity index (χ3v) is 3.83. The summed E-state index contributed by atoms with van der Waals surface area (Å²) in [6.07, 6.45) is 5.65. The SMILES string of the molecule is O=C(Oc1cc(Cl)cc(C=NCCc2ccccc2)c1)c1cccnc1. The highest BCUT2D eigenvalue weighted by Gasteiger charge is 2.09. The Labute approximate surface area is 157 Å². The van der Waals surface area contributed by atoms with Crippen LogP contribution in [0.2, 0.25) is 5.02 Å². The van der Waals surface area contributed by atoms with Crippen molar-refractivity contribution in [3.63, 3.8) is 0 Å². The van der Waals surface area contributed by atoms with Crippen molar-refractivity contribution in [3.8, 4) is 5.75 Å². The number of halogens is 1. The molecule has 0 atom stereocenters. The van der Waals surface area contributed by atoms with Gasteiger partial charge in [-0.3, -0.25) is 9.98 Å². The molecule has 26 heavy (non-hydrogen) atoms. The highest BCUT2D eigenvalue weighted by atomic mass is 35.5. The van der Waals surface area contributed by atoms with Crippen LogP contribution in [-0.4, -0.2) is 23.7 Å². The first-order chi connectivity index (χ1) is 12.7. The lowest BCUT2D eigenvalue weighted by Crippen LogP contribution is -2.08. The smallest absolute Gasteiger partial charge is 0.345 e. The molecule has 4 nitrogen and oxygen atoms in total. The van der Waals surface area contributed by atoms with Gasteiger partial charge in [0, 0.05) is 30.2 Å². The molecule has 0 amide bonds. The van der Waals surface area contributed by atoms with Crippen molar-refractivity contribution < 1.29 is 9.53 Å². The van der Waals surface area contributed by atoms with Gasteiger partial charge in [0.05, 0.1) is 5.56 Å². The highest BCUT2D eigenvalue weighted by molar-refractivity contribution is 6.31. The first-order valence-electron chi connectivity index (χ1n) is 8.17. The van der Waals surface area contributed by atoms with E-state index >= 15 is 0 Å². The van der Waals surface area contributed by atoms with Gasteiger partial charge in [0.1, 0.15) is 5.75 Å². The Morgan fingerprint density at radius 2 is 1.96 bits per heavy atom. The monoisotopic (exact) mass is 364 g/mol. The summed E-state index contributed by atoms with van der Waals surface area (Å²) in [7, 11) is 0. The average Bonchev–Trinajstić information content (AvgIpc) is 2.66. The van der Waals surface area contributed by atoms with E-state index in [0.717, 1.165) is 12.0 Å². The predicted octanol–water partition coefficient (Wildman–Crippen LogP) is 4.62. The van der Waals surface area contributed by atoms with Crippen LogP contribution in [0.5, 0.6) is 5.75 Å². The Morgan fingerprint density at radius 3 is 2.73 bits per heavy atom. The maximum Gasteiger partial charge on any atom is 0.345 e. The maximum absolute atomic E-state index is 12.1. The summed E-state index contributed by atoms with van der Waals surface area (Å²) in [6, 6.07) is 18.6. The molecule has 0 bridgehead atoms. The van der Waals surface area contributed by atoms with Crippen molar-refractivity contribution in [2.45, 2.75) is 6.42 Å². The number of esters is 1. The van der Waals surface area contributed by atoms with E-state index in [1.54, 1.807) is 42.7 Å².